The summed E-state index contributed by atoms with van der Waals surface area (Å²) in [5.41, 5.74) is -2.75. The molecule has 4 aliphatic carbocycles. The summed E-state index contributed by atoms with van der Waals surface area (Å²) >= 11 is 0. The third-order valence-electron chi connectivity index (χ3n) is 9.52. The molecule has 9 heteroatoms. The molecule has 30 heavy (non-hydrogen) atoms. The third kappa shape index (κ3) is 3.28. The minimum Gasteiger partial charge on any atom is -0.393 e. The van der Waals surface area contributed by atoms with Crippen molar-refractivity contribution in [3.63, 3.8) is 0 Å². The molecule has 9 atom stereocenters. The van der Waals surface area contributed by atoms with E-state index in [0.29, 0.717) is 12.3 Å². The highest BCUT2D eigenvalue weighted by atomic mass is 32.3. The van der Waals surface area contributed by atoms with Crippen LogP contribution in [0.1, 0.15) is 65.2 Å². The van der Waals surface area contributed by atoms with Gasteiger partial charge in [-0.05, 0) is 80.5 Å². The van der Waals surface area contributed by atoms with Gasteiger partial charge in [0.1, 0.15) is 12.2 Å². The molecule has 0 radical (unpaired) electrons. The molecule has 4 saturated carbocycles. The minimum absolute atomic E-state index is 0.0372. The predicted octanol–water partition coefficient (Wildman–Crippen LogP) is 1.48. The van der Waals surface area contributed by atoms with Crippen molar-refractivity contribution in [3.8, 4) is 0 Å². The summed E-state index contributed by atoms with van der Waals surface area (Å²) in [5, 5.41) is 32.9. The number of Topliss-reactive ketones (excluding diaryl/α,β-unsaturated/α-hetero) is 1. The van der Waals surface area contributed by atoms with Gasteiger partial charge in [-0.1, -0.05) is 13.8 Å². The number of aliphatic hydroxyl groups is 3. The second-order valence-electron chi connectivity index (χ2n) is 10.7. The molecule has 0 bridgehead atoms. The van der Waals surface area contributed by atoms with Gasteiger partial charge in [0.2, 0.25) is 0 Å². The maximum atomic E-state index is 12.8. The lowest BCUT2D eigenvalue weighted by molar-refractivity contribution is -0.202. The van der Waals surface area contributed by atoms with Crippen molar-refractivity contribution < 1.29 is 37.3 Å². The molecule has 0 amide bonds. The van der Waals surface area contributed by atoms with Gasteiger partial charge in [0.05, 0.1) is 12.2 Å². The smallest absolute Gasteiger partial charge is 0.393 e. The molecule has 0 aromatic rings. The van der Waals surface area contributed by atoms with Crippen LogP contribution in [0.25, 0.3) is 0 Å². The van der Waals surface area contributed by atoms with E-state index in [1.165, 1.54) is 0 Å². The molecule has 0 aliphatic heterocycles. The molecule has 0 spiro atoms. The largest absolute Gasteiger partial charge is 0.397 e. The molecule has 0 saturated heterocycles. The van der Waals surface area contributed by atoms with Crippen molar-refractivity contribution in [2.45, 2.75) is 83.0 Å². The quantitative estimate of drug-likeness (QED) is 0.476. The monoisotopic (exact) mass is 446 g/mol. The molecular weight excluding hydrogens is 412 g/mol. The SMILES string of the molecule is C[C@]12CC[C@@H](O)C[C@@H]1CC[C@@H]1[C@@H]2[C@@H](O)C[C@@]2(C)[C@H]1CC[C@]2(O)C(=O)COS(=O)(=O)O. The van der Waals surface area contributed by atoms with Crippen LogP contribution in [0.5, 0.6) is 0 Å². The van der Waals surface area contributed by atoms with Crippen molar-refractivity contribution in [2.75, 3.05) is 6.61 Å². The molecule has 172 valence electrons. The van der Waals surface area contributed by atoms with Gasteiger partial charge in [0.25, 0.3) is 0 Å². The maximum absolute atomic E-state index is 12.8. The molecule has 4 aliphatic rings. The molecule has 0 aromatic carbocycles. The number of hydrogen-bond donors (Lipinski definition) is 4. The lowest BCUT2D eigenvalue weighted by atomic mass is 9.43. The van der Waals surface area contributed by atoms with Crippen LogP contribution >= 0.6 is 0 Å². The Kier molecular flexibility index (Phi) is 5.44. The van der Waals surface area contributed by atoms with E-state index in [4.69, 9.17) is 4.55 Å². The van der Waals surface area contributed by atoms with Crippen LogP contribution in [0.15, 0.2) is 0 Å². The summed E-state index contributed by atoms with van der Waals surface area (Å²) in [6, 6.07) is 0. The first-order valence-corrected chi connectivity index (χ1v) is 12.4. The second kappa shape index (κ2) is 7.22. The van der Waals surface area contributed by atoms with E-state index in [0.717, 1.165) is 32.1 Å². The zero-order valence-electron chi connectivity index (χ0n) is 17.7. The van der Waals surface area contributed by atoms with Crippen LogP contribution in [-0.2, 0) is 19.4 Å². The molecular formula is C21H34O8S. The molecule has 4 fully saturated rings. The highest BCUT2D eigenvalue weighted by Crippen LogP contribution is 2.68. The molecule has 8 nitrogen and oxygen atoms in total. The first-order chi connectivity index (χ1) is 13.8. The average molecular weight is 447 g/mol. The lowest BCUT2D eigenvalue weighted by Gasteiger charge is -2.62. The van der Waals surface area contributed by atoms with E-state index in [1.807, 2.05) is 6.92 Å². The zero-order valence-corrected chi connectivity index (χ0v) is 18.5. The van der Waals surface area contributed by atoms with Gasteiger partial charge in [-0.15, -0.1) is 0 Å². The van der Waals surface area contributed by atoms with Gasteiger partial charge in [0.15, 0.2) is 5.78 Å². The Labute approximate surface area is 178 Å². The summed E-state index contributed by atoms with van der Waals surface area (Å²) in [6.07, 6.45) is 4.35. The van der Waals surface area contributed by atoms with E-state index in [-0.39, 0.29) is 42.1 Å². The summed E-state index contributed by atoms with van der Waals surface area (Å²) in [6.45, 7) is 3.15. The normalized spacial score (nSPS) is 51.0. The number of carbonyl (C=O) groups excluding carboxylic acids is 1. The zero-order chi connectivity index (χ0) is 22.1. The number of ketones is 1. The van der Waals surface area contributed by atoms with E-state index < -0.39 is 39.9 Å². The van der Waals surface area contributed by atoms with Crippen molar-refractivity contribution in [3.05, 3.63) is 0 Å². The first-order valence-electron chi connectivity index (χ1n) is 11.1. The molecule has 4 rings (SSSR count). The number of aliphatic hydroxyl groups excluding tert-OH is 2. The number of fused-ring (bicyclic) bond motifs is 5. The predicted molar refractivity (Wildman–Crippen MR) is 107 cm³/mol. The molecule has 0 heterocycles. The Morgan fingerprint density at radius 2 is 1.80 bits per heavy atom. The van der Waals surface area contributed by atoms with Crippen LogP contribution in [-0.4, -0.2) is 58.5 Å². The van der Waals surface area contributed by atoms with E-state index in [2.05, 4.69) is 11.1 Å². The van der Waals surface area contributed by atoms with Gasteiger partial charge in [-0.3, -0.25) is 9.35 Å². The van der Waals surface area contributed by atoms with Crippen molar-refractivity contribution in [1.82, 2.24) is 0 Å². The molecule has 0 aromatic heterocycles. The summed E-state index contributed by atoms with van der Waals surface area (Å²) in [5.74, 6) is -0.133. The Bertz CT molecular complexity index is 814. The summed E-state index contributed by atoms with van der Waals surface area (Å²) in [4.78, 5) is 12.8. The Morgan fingerprint density at radius 1 is 1.10 bits per heavy atom. The maximum Gasteiger partial charge on any atom is 0.397 e. The standard InChI is InChI=1S/C21H34O8S/c1-19-7-5-13(22)9-12(19)3-4-14-15-6-8-21(25,17(24)11-29-30(26,27)28)20(15,2)10-16(23)18(14)19/h12-16,18,22-23,25H,3-11H2,1-2H3,(H,26,27,28)/t12-,13+,14-,15-,16-,18+,19-,20-,21-/m0/s1. The Hall–Kier alpha value is -0.580. The number of hydrogen-bond acceptors (Lipinski definition) is 7. The van der Waals surface area contributed by atoms with Crippen LogP contribution < -0.4 is 0 Å². The van der Waals surface area contributed by atoms with Crippen molar-refractivity contribution >= 4 is 16.2 Å². The van der Waals surface area contributed by atoms with Crippen LogP contribution in [0.3, 0.4) is 0 Å². The number of rotatable bonds is 4. The third-order valence-corrected chi connectivity index (χ3v) is 9.94. The van der Waals surface area contributed by atoms with Gasteiger partial charge in [-0.2, -0.15) is 8.42 Å². The summed E-state index contributed by atoms with van der Waals surface area (Å²) < 4.78 is 34.8. The van der Waals surface area contributed by atoms with Crippen LogP contribution in [0, 0.1) is 34.5 Å². The van der Waals surface area contributed by atoms with E-state index in [1.54, 1.807) is 0 Å². The van der Waals surface area contributed by atoms with Gasteiger partial charge < -0.3 is 15.3 Å². The Balaban J connectivity index is 1.61. The molecule has 0 unspecified atom stereocenters. The van der Waals surface area contributed by atoms with Crippen molar-refractivity contribution in [1.29, 1.82) is 0 Å². The minimum atomic E-state index is -4.78. The van der Waals surface area contributed by atoms with Gasteiger partial charge in [0, 0.05) is 5.41 Å². The number of carbonyl (C=O) groups is 1. The second-order valence-corrected chi connectivity index (χ2v) is 11.8. The fourth-order valence-electron chi connectivity index (χ4n) is 8.07. The Morgan fingerprint density at radius 3 is 2.47 bits per heavy atom. The first kappa shape index (κ1) is 22.6. The highest BCUT2D eigenvalue weighted by molar-refractivity contribution is 7.80. The van der Waals surface area contributed by atoms with E-state index in [9.17, 15) is 28.5 Å². The summed E-state index contributed by atoms with van der Waals surface area (Å²) in [7, 11) is -4.78. The van der Waals surface area contributed by atoms with Crippen LogP contribution in [0.2, 0.25) is 0 Å². The fourth-order valence-corrected chi connectivity index (χ4v) is 8.33. The lowest BCUT2D eigenvalue weighted by Crippen LogP contribution is -2.63. The fraction of sp³-hybridized carbons (Fsp3) is 0.952. The highest BCUT2D eigenvalue weighted by Gasteiger charge is 2.68. The molecule has 4 N–H and O–H groups in total. The van der Waals surface area contributed by atoms with Crippen LogP contribution in [0.4, 0.5) is 0 Å². The van der Waals surface area contributed by atoms with Gasteiger partial charge >= 0.3 is 10.4 Å². The van der Waals surface area contributed by atoms with Crippen molar-refractivity contribution in [2.24, 2.45) is 34.5 Å². The average Bonchev–Trinajstić information content (AvgIpc) is 2.91. The van der Waals surface area contributed by atoms with Gasteiger partial charge in [-0.25, -0.2) is 4.18 Å². The van der Waals surface area contributed by atoms with E-state index >= 15 is 0 Å². The topological polar surface area (TPSA) is 141 Å².